The van der Waals surface area contributed by atoms with Crippen LogP contribution in [0.4, 0.5) is 10.8 Å². The molecule has 0 aliphatic carbocycles. The normalized spacial score (nSPS) is 12.0. The molecule has 3 N–H and O–H groups in total. The first-order valence-electron chi connectivity index (χ1n) is 14.8. The van der Waals surface area contributed by atoms with E-state index in [4.69, 9.17) is 4.74 Å². The summed E-state index contributed by atoms with van der Waals surface area (Å²) >= 11 is 2.73. The molecule has 0 aliphatic heterocycles. The van der Waals surface area contributed by atoms with E-state index in [9.17, 15) is 14.4 Å². The summed E-state index contributed by atoms with van der Waals surface area (Å²) in [5.74, 6) is -0.352. The third-order valence-corrected chi connectivity index (χ3v) is 9.28. The van der Waals surface area contributed by atoms with Crippen LogP contribution in [0.15, 0.2) is 126 Å². The van der Waals surface area contributed by atoms with Crippen molar-refractivity contribution >= 4 is 78.7 Å². The average molecular weight is 659 g/mol. The minimum Gasteiger partial charge on any atom is -0.497 e. The molecular formula is C37H30N4O4S2. The van der Waals surface area contributed by atoms with Crippen molar-refractivity contribution in [2.24, 2.45) is 0 Å². The van der Waals surface area contributed by atoms with Crippen LogP contribution in [0.5, 0.6) is 5.75 Å². The van der Waals surface area contributed by atoms with E-state index in [2.05, 4.69) is 20.9 Å². The number of rotatable bonds is 10. The lowest BCUT2D eigenvalue weighted by atomic mass is 10.0. The number of amides is 3. The summed E-state index contributed by atoms with van der Waals surface area (Å²) in [6.45, 7) is 1.81. The highest BCUT2D eigenvalue weighted by atomic mass is 32.2. The Bertz CT molecular complexity index is 2120. The number of carbonyl (C=O) groups excluding carboxylic acids is 3. The van der Waals surface area contributed by atoms with Gasteiger partial charge in [0.1, 0.15) is 11.4 Å². The molecule has 6 aromatic rings. The molecule has 0 saturated carbocycles. The van der Waals surface area contributed by atoms with Crippen LogP contribution in [-0.2, 0) is 9.59 Å². The van der Waals surface area contributed by atoms with Crippen molar-refractivity contribution in [2.45, 2.75) is 17.1 Å². The number of fused-ring (bicyclic) bond motifs is 2. The summed E-state index contributed by atoms with van der Waals surface area (Å²) in [6, 6.07) is 35.2. The van der Waals surface area contributed by atoms with Gasteiger partial charge >= 0.3 is 0 Å². The maximum absolute atomic E-state index is 13.7. The zero-order chi connectivity index (χ0) is 32.8. The van der Waals surface area contributed by atoms with Gasteiger partial charge in [0.15, 0.2) is 5.13 Å². The van der Waals surface area contributed by atoms with Crippen LogP contribution in [0.25, 0.3) is 27.1 Å². The Hall–Kier alpha value is -5.45. The Morgan fingerprint density at radius 1 is 0.851 bits per heavy atom. The number of methoxy groups -OCH3 is 1. The van der Waals surface area contributed by atoms with Gasteiger partial charge < -0.3 is 20.7 Å². The van der Waals surface area contributed by atoms with Crippen molar-refractivity contribution in [3.05, 3.63) is 132 Å². The number of benzene rings is 5. The van der Waals surface area contributed by atoms with Crippen molar-refractivity contribution in [1.82, 2.24) is 10.3 Å². The SMILES string of the molecule is COc1ccc2nc(NC(=O)C(C)Sc3cccc(NC(=O)/C(=C\c4cccc5ccccc45)NC(=O)c4ccccc4)c3)sc2c1. The number of anilines is 2. The van der Waals surface area contributed by atoms with Crippen LogP contribution in [0.1, 0.15) is 22.8 Å². The standard InChI is InChI=1S/C37H30N4O4S2/c1-23(34(42)41-37-40-31-19-18-28(45-2)22-33(31)47-37)46-29-16-9-15-27(21-29)38-36(44)32(39-35(43)25-11-4-3-5-12-25)20-26-14-8-13-24-10-6-7-17-30(24)26/h3-23H,1-2H3,(H,38,44)(H,39,43)(H,40,41,42)/b32-20+. The zero-order valence-corrected chi connectivity index (χ0v) is 27.2. The third kappa shape index (κ3) is 7.69. The van der Waals surface area contributed by atoms with Gasteiger partial charge in [-0.2, -0.15) is 0 Å². The van der Waals surface area contributed by atoms with Crippen LogP contribution in [0.2, 0.25) is 0 Å². The number of nitrogens with zero attached hydrogens (tertiary/aromatic N) is 1. The summed E-state index contributed by atoms with van der Waals surface area (Å²) in [5.41, 5.74) is 2.61. The first-order valence-corrected chi connectivity index (χ1v) is 16.5. The van der Waals surface area contributed by atoms with Crippen molar-refractivity contribution in [1.29, 1.82) is 0 Å². The molecule has 1 aromatic heterocycles. The van der Waals surface area contributed by atoms with Gasteiger partial charge in [-0.1, -0.05) is 78.1 Å². The molecule has 234 valence electrons. The van der Waals surface area contributed by atoms with Crippen LogP contribution >= 0.6 is 23.1 Å². The number of hydrogen-bond donors (Lipinski definition) is 3. The molecule has 0 saturated heterocycles. The fourth-order valence-corrected chi connectivity index (χ4v) is 6.69. The number of carbonyl (C=O) groups is 3. The van der Waals surface area contributed by atoms with Gasteiger partial charge in [0, 0.05) is 16.1 Å². The van der Waals surface area contributed by atoms with Gasteiger partial charge in [0.25, 0.3) is 11.8 Å². The molecule has 1 atom stereocenters. The monoisotopic (exact) mass is 658 g/mol. The van der Waals surface area contributed by atoms with Crippen LogP contribution in [0, 0.1) is 0 Å². The fourth-order valence-electron chi connectivity index (χ4n) is 4.87. The molecule has 0 spiro atoms. The molecule has 10 heteroatoms. The van der Waals surface area contributed by atoms with E-state index in [1.54, 1.807) is 55.7 Å². The highest BCUT2D eigenvalue weighted by Gasteiger charge is 2.19. The van der Waals surface area contributed by atoms with Gasteiger partial charge in [-0.25, -0.2) is 4.98 Å². The topological polar surface area (TPSA) is 109 Å². The summed E-state index contributed by atoms with van der Waals surface area (Å²) < 4.78 is 6.20. The second-order valence-electron chi connectivity index (χ2n) is 10.5. The van der Waals surface area contributed by atoms with E-state index >= 15 is 0 Å². The number of thiazole rings is 1. The van der Waals surface area contributed by atoms with E-state index in [-0.39, 0.29) is 11.6 Å². The second kappa shape index (κ2) is 14.3. The van der Waals surface area contributed by atoms with Crippen molar-refractivity contribution in [2.75, 3.05) is 17.7 Å². The average Bonchev–Trinajstić information content (AvgIpc) is 3.50. The van der Waals surface area contributed by atoms with E-state index in [0.717, 1.165) is 37.2 Å². The first-order chi connectivity index (χ1) is 22.9. The molecule has 1 unspecified atom stereocenters. The molecule has 0 aliphatic rings. The molecule has 47 heavy (non-hydrogen) atoms. The number of hydrogen-bond acceptors (Lipinski definition) is 7. The van der Waals surface area contributed by atoms with E-state index in [0.29, 0.717) is 16.4 Å². The molecular weight excluding hydrogens is 629 g/mol. The Morgan fingerprint density at radius 3 is 2.45 bits per heavy atom. The number of aromatic nitrogens is 1. The summed E-state index contributed by atoms with van der Waals surface area (Å²) in [5, 5.41) is 10.7. The quantitative estimate of drug-likeness (QED) is 0.102. The van der Waals surface area contributed by atoms with Gasteiger partial charge in [-0.15, -0.1) is 11.8 Å². The van der Waals surface area contributed by atoms with Crippen LogP contribution in [-0.4, -0.2) is 35.1 Å². The zero-order valence-electron chi connectivity index (χ0n) is 25.5. The smallest absolute Gasteiger partial charge is 0.272 e. The fraction of sp³-hybridized carbons (Fsp3) is 0.0811. The predicted molar refractivity (Wildman–Crippen MR) is 191 cm³/mol. The summed E-state index contributed by atoms with van der Waals surface area (Å²) in [7, 11) is 1.61. The summed E-state index contributed by atoms with van der Waals surface area (Å²) in [6.07, 6.45) is 1.68. The van der Waals surface area contributed by atoms with Crippen molar-refractivity contribution in [3.63, 3.8) is 0 Å². The molecule has 1 heterocycles. The lowest BCUT2D eigenvalue weighted by Gasteiger charge is -2.14. The van der Waals surface area contributed by atoms with E-state index < -0.39 is 17.1 Å². The number of nitrogens with one attached hydrogen (secondary N) is 3. The number of ether oxygens (including phenoxy) is 1. The third-order valence-electron chi connectivity index (χ3n) is 7.25. The molecule has 0 bridgehead atoms. The van der Waals surface area contributed by atoms with E-state index in [1.807, 2.05) is 79.7 Å². The van der Waals surface area contributed by atoms with Crippen molar-refractivity contribution < 1.29 is 19.1 Å². The minimum atomic E-state index is -0.484. The van der Waals surface area contributed by atoms with Crippen molar-refractivity contribution in [3.8, 4) is 5.75 Å². The van der Waals surface area contributed by atoms with Gasteiger partial charge in [0.05, 0.1) is 22.6 Å². The van der Waals surface area contributed by atoms with Gasteiger partial charge in [-0.05, 0) is 77.9 Å². The van der Waals surface area contributed by atoms with E-state index in [1.165, 1.54) is 23.1 Å². The van der Waals surface area contributed by atoms with Gasteiger partial charge in [0.2, 0.25) is 5.91 Å². The molecule has 5 aromatic carbocycles. The van der Waals surface area contributed by atoms with Crippen LogP contribution < -0.4 is 20.7 Å². The molecule has 8 nitrogen and oxygen atoms in total. The first kappa shape index (κ1) is 31.5. The number of thioether (sulfide) groups is 1. The Balaban J connectivity index is 1.18. The van der Waals surface area contributed by atoms with Gasteiger partial charge in [-0.3, -0.25) is 14.4 Å². The predicted octanol–water partition coefficient (Wildman–Crippen LogP) is 7.99. The molecule has 3 amide bonds. The Morgan fingerprint density at radius 2 is 1.62 bits per heavy atom. The summed E-state index contributed by atoms with van der Waals surface area (Å²) in [4.78, 5) is 45.2. The second-order valence-corrected chi connectivity index (χ2v) is 13.0. The molecule has 0 radical (unpaired) electrons. The highest BCUT2D eigenvalue weighted by molar-refractivity contribution is 8.00. The Labute approximate surface area is 279 Å². The largest absolute Gasteiger partial charge is 0.497 e. The molecule has 6 rings (SSSR count). The maximum Gasteiger partial charge on any atom is 0.272 e. The lowest BCUT2D eigenvalue weighted by Crippen LogP contribution is -2.30. The Kier molecular flexibility index (Phi) is 9.61. The molecule has 0 fully saturated rings. The lowest BCUT2D eigenvalue weighted by molar-refractivity contribution is -0.115. The highest BCUT2D eigenvalue weighted by Crippen LogP contribution is 2.31. The van der Waals surface area contributed by atoms with Crippen LogP contribution in [0.3, 0.4) is 0 Å². The minimum absolute atomic E-state index is 0.0921. The maximum atomic E-state index is 13.7.